The Bertz CT molecular complexity index is 872. The van der Waals surface area contributed by atoms with Crippen molar-refractivity contribution in [2.45, 2.75) is 0 Å². The van der Waals surface area contributed by atoms with Gasteiger partial charge in [-0.05, 0) is 17.1 Å². The highest BCUT2D eigenvalue weighted by atomic mass is 16.6. The molecule has 12 nitrogen and oxygen atoms in total. The van der Waals surface area contributed by atoms with Crippen molar-refractivity contribution in [3.63, 3.8) is 0 Å². The minimum atomic E-state index is -1.27. The van der Waals surface area contributed by atoms with E-state index in [9.17, 15) is 35.1 Å². The lowest BCUT2D eigenvalue weighted by Gasteiger charge is -2.05. The lowest BCUT2D eigenvalue weighted by Crippen LogP contribution is -2.09. The third kappa shape index (κ3) is 2.63. The number of benzene rings is 1. The van der Waals surface area contributed by atoms with Crippen molar-refractivity contribution >= 4 is 23.2 Å². The molecule has 24 heavy (non-hydrogen) atoms. The maximum atomic E-state index is 11.8. The molecule has 0 atom stereocenters. The van der Waals surface area contributed by atoms with Crippen molar-refractivity contribution < 1.29 is 24.3 Å². The number of nitrogens with zero attached hydrogens (tertiary/aromatic N) is 4. The molecule has 1 aromatic carbocycles. The second kappa shape index (κ2) is 6.12. The summed E-state index contributed by atoms with van der Waals surface area (Å²) in [5.41, 5.74) is -2.65. The Labute approximate surface area is 132 Å². The smallest absolute Gasteiger partial charge is 0.442 e. The maximum absolute atomic E-state index is 11.8. The molecule has 2 rings (SSSR count). The number of carbonyl (C=O) groups is 1. The fourth-order valence-corrected chi connectivity index (χ4v) is 2.11. The standard InChI is InChI=1S/C12H8N4O8/c1-24-12(17)7-4-2-3-5-8(7)13-6-9(14(18)19)10(15(20)21)11(13)16(22)23/h2-6H,1H3. The van der Waals surface area contributed by atoms with Gasteiger partial charge in [0.2, 0.25) is 0 Å². The van der Waals surface area contributed by atoms with Crippen molar-refractivity contribution in [1.29, 1.82) is 0 Å². The molecule has 0 bridgehead atoms. The Morgan fingerprint density at radius 3 is 2.17 bits per heavy atom. The molecule has 0 unspecified atom stereocenters. The molecule has 1 heterocycles. The lowest BCUT2D eigenvalue weighted by atomic mass is 10.2. The fourth-order valence-electron chi connectivity index (χ4n) is 2.11. The van der Waals surface area contributed by atoms with Crippen LogP contribution < -0.4 is 0 Å². The lowest BCUT2D eigenvalue weighted by molar-refractivity contribution is -0.440. The summed E-state index contributed by atoms with van der Waals surface area (Å²) in [6.07, 6.45) is 0.623. The first-order valence-electron chi connectivity index (χ1n) is 6.15. The van der Waals surface area contributed by atoms with Crippen molar-refractivity contribution in [2.75, 3.05) is 7.11 Å². The zero-order valence-corrected chi connectivity index (χ0v) is 11.9. The first-order valence-corrected chi connectivity index (χ1v) is 6.15. The summed E-state index contributed by atoms with van der Waals surface area (Å²) in [5.74, 6) is -2.00. The van der Waals surface area contributed by atoms with Gasteiger partial charge < -0.3 is 14.9 Å². The molecule has 0 N–H and O–H groups in total. The number of ether oxygens (including phenoxy) is 1. The van der Waals surface area contributed by atoms with E-state index in [-0.39, 0.29) is 11.3 Å². The summed E-state index contributed by atoms with van der Waals surface area (Å²) in [6, 6.07) is 5.35. The summed E-state index contributed by atoms with van der Waals surface area (Å²) in [6.45, 7) is 0. The average molecular weight is 336 g/mol. The van der Waals surface area contributed by atoms with Gasteiger partial charge in [0.25, 0.3) is 0 Å². The molecule has 2 aromatic rings. The molecular weight excluding hydrogens is 328 g/mol. The average Bonchev–Trinajstić information content (AvgIpc) is 2.95. The number of nitro groups is 3. The zero-order chi connectivity index (χ0) is 18.0. The van der Waals surface area contributed by atoms with E-state index in [1.54, 1.807) is 0 Å². The molecule has 124 valence electrons. The number of esters is 1. The first-order chi connectivity index (χ1) is 11.3. The molecule has 0 radical (unpaired) electrons. The minimum absolute atomic E-state index is 0.150. The van der Waals surface area contributed by atoms with Gasteiger partial charge in [-0.1, -0.05) is 12.1 Å². The number of para-hydroxylation sites is 1. The van der Waals surface area contributed by atoms with Crippen LogP contribution in [0, 0.1) is 30.3 Å². The summed E-state index contributed by atoms with van der Waals surface area (Å²) in [7, 11) is 1.08. The highest BCUT2D eigenvalue weighted by Crippen LogP contribution is 2.40. The number of hydrogen-bond acceptors (Lipinski definition) is 8. The molecule has 0 spiro atoms. The minimum Gasteiger partial charge on any atom is -0.465 e. The largest absolute Gasteiger partial charge is 0.465 e. The number of carbonyl (C=O) groups excluding carboxylic acids is 1. The van der Waals surface area contributed by atoms with Crippen LogP contribution in [-0.4, -0.2) is 32.4 Å². The van der Waals surface area contributed by atoms with E-state index in [0.29, 0.717) is 10.8 Å². The molecule has 0 aliphatic carbocycles. The monoisotopic (exact) mass is 336 g/mol. The van der Waals surface area contributed by atoms with Crippen LogP contribution in [0.1, 0.15) is 10.4 Å². The van der Waals surface area contributed by atoms with Gasteiger partial charge in [-0.25, -0.2) is 4.79 Å². The van der Waals surface area contributed by atoms with Crippen LogP contribution in [0.25, 0.3) is 5.69 Å². The quantitative estimate of drug-likeness (QED) is 0.455. The molecule has 0 saturated heterocycles. The van der Waals surface area contributed by atoms with Gasteiger partial charge >= 0.3 is 23.2 Å². The molecule has 0 aliphatic heterocycles. The van der Waals surface area contributed by atoms with Crippen molar-refractivity contribution in [3.8, 4) is 5.69 Å². The predicted octanol–water partition coefficient (Wildman–Crippen LogP) is 1.99. The van der Waals surface area contributed by atoms with Gasteiger partial charge in [0.1, 0.15) is 11.3 Å². The van der Waals surface area contributed by atoms with Gasteiger partial charge in [0, 0.05) is 0 Å². The van der Waals surface area contributed by atoms with E-state index in [1.807, 2.05) is 0 Å². The second-order valence-electron chi connectivity index (χ2n) is 4.34. The molecule has 0 fully saturated rings. The van der Waals surface area contributed by atoms with Crippen molar-refractivity contribution in [3.05, 3.63) is 66.4 Å². The second-order valence-corrected chi connectivity index (χ2v) is 4.34. The Hall–Kier alpha value is -3.83. The zero-order valence-electron chi connectivity index (χ0n) is 11.9. The fraction of sp³-hybridized carbons (Fsp3) is 0.0833. The molecule has 12 heteroatoms. The number of hydrogen-bond donors (Lipinski definition) is 0. The van der Waals surface area contributed by atoms with Gasteiger partial charge in [0.05, 0.1) is 17.0 Å². The van der Waals surface area contributed by atoms with E-state index < -0.39 is 37.9 Å². The third-order valence-corrected chi connectivity index (χ3v) is 3.06. The van der Waals surface area contributed by atoms with Gasteiger partial charge in [-0.3, -0.25) is 20.2 Å². The van der Waals surface area contributed by atoms with E-state index >= 15 is 0 Å². The van der Waals surface area contributed by atoms with Crippen molar-refractivity contribution in [2.24, 2.45) is 0 Å². The Morgan fingerprint density at radius 1 is 1.04 bits per heavy atom. The SMILES string of the molecule is COC(=O)c1ccccc1-n1cc([N+](=O)[O-])c([N+](=O)[O-])c1[N+](=O)[O-]. The van der Waals surface area contributed by atoms with E-state index in [4.69, 9.17) is 0 Å². The van der Waals surface area contributed by atoms with Crippen LogP contribution in [-0.2, 0) is 4.74 Å². The summed E-state index contributed by atoms with van der Waals surface area (Å²) < 4.78 is 5.15. The Balaban J connectivity index is 2.89. The van der Waals surface area contributed by atoms with Crippen LogP contribution in [0.2, 0.25) is 0 Å². The first kappa shape index (κ1) is 16.5. The number of aromatic nitrogens is 1. The Kier molecular flexibility index (Phi) is 4.21. The molecule has 0 saturated carbocycles. The highest BCUT2D eigenvalue weighted by Gasteiger charge is 2.43. The van der Waals surface area contributed by atoms with Crippen LogP contribution >= 0.6 is 0 Å². The molecular formula is C12H8N4O8. The van der Waals surface area contributed by atoms with Crippen LogP contribution in [0.15, 0.2) is 30.5 Å². The van der Waals surface area contributed by atoms with Gasteiger partial charge in [-0.2, -0.15) is 4.57 Å². The summed E-state index contributed by atoms with van der Waals surface area (Å²) in [4.78, 5) is 41.6. The van der Waals surface area contributed by atoms with Crippen LogP contribution in [0.4, 0.5) is 17.2 Å². The van der Waals surface area contributed by atoms with Crippen molar-refractivity contribution in [1.82, 2.24) is 4.57 Å². The number of methoxy groups -OCH3 is 1. The topological polar surface area (TPSA) is 161 Å². The van der Waals surface area contributed by atoms with Gasteiger partial charge in [0.15, 0.2) is 6.20 Å². The normalized spacial score (nSPS) is 10.2. The number of rotatable bonds is 5. The summed E-state index contributed by atoms with van der Waals surface area (Å²) >= 11 is 0. The third-order valence-electron chi connectivity index (χ3n) is 3.06. The van der Waals surface area contributed by atoms with Crippen LogP contribution in [0.5, 0.6) is 0 Å². The van der Waals surface area contributed by atoms with Gasteiger partial charge in [-0.15, -0.1) is 0 Å². The highest BCUT2D eigenvalue weighted by molar-refractivity contribution is 5.94. The van der Waals surface area contributed by atoms with E-state index in [0.717, 1.165) is 7.11 Å². The maximum Gasteiger partial charge on any atom is 0.442 e. The van der Waals surface area contributed by atoms with Crippen LogP contribution in [0.3, 0.4) is 0 Å². The summed E-state index contributed by atoms with van der Waals surface area (Å²) in [5, 5.41) is 33.3. The van der Waals surface area contributed by atoms with E-state index in [1.165, 1.54) is 24.3 Å². The predicted molar refractivity (Wildman–Crippen MR) is 77.1 cm³/mol. The molecule has 0 aliphatic rings. The molecule has 1 aromatic heterocycles. The Morgan fingerprint density at radius 2 is 1.67 bits per heavy atom. The van der Waals surface area contributed by atoms with E-state index in [2.05, 4.69) is 4.74 Å². The molecule has 0 amide bonds.